The molecular formula is C10H17N5O3. The van der Waals surface area contributed by atoms with Crippen LogP contribution in [0.3, 0.4) is 0 Å². The van der Waals surface area contributed by atoms with E-state index in [0.717, 1.165) is 19.3 Å². The molecule has 0 saturated carbocycles. The van der Waals surface area contributed by atoms with Crippen LogP contribution in [0.15, 0.2) is 6.20 Å². The Morgan fingerprint density at radius 1 is 1.44 bits per heavy atom. The highest BCUT2D eigenvalue weighted by atomic mass is 16.6. The van der Waals surface area contributed by atoms with Crippen molar-refractivity contribution in [2.75, 3.05) is 30.8 Å². The quantitative estimate of drug-likeness (QED) is 0.360. The summed E-state index contributed by atoms with van der Waals surface area (Å²) in [4.78, 5) is 18.1. The molecular weight excluding hydrogens is 238 g/mol. The third-order valence-electron chi connectivity index (χ3n) is 2.32. The number of aliphatic hydroxyl groups excluding tert-OH is 1. The number of aromatic nitrogens is 2. The monoisotopic (exact) mass is 255 g/mol. The van der Waals surface area contributed by atoms with Crippen LogP contribution in [-0.4, -0.2) is 40.2 Å². The number of nitrogens with zero attached hydrogens (tertiary/aromatic N) is 3. The van der Waals surface area contributed by atoms with Crippen molar-refractivity contribution in [1.82, 2.24) is 9.97 Å². The molecule has 100 valence electrons. The molecule has 8 nitrogen and oxygen atoms in total. The van der Waals surface area contributed by atoms with Crippen LogP contribution in [0.5, 0.6) is 0 Å². The van der Waals surface area contributed by atoms with Crippen LogP contribution in [-0.2, 0) is 0 Å². The molecule has 1 aromatic rings. The van der Waals surface area contributed by atoms with Gasteiger partial charge in [0.2, 0.25) is 11.8 Å². The maximum atomic E-state index is 10.8. The summed E-state index contributed by atoms with van der Waals surface area (Å²) in [5, 5.41) is 25.1. The van der Waals surface area contributed by atoms with Gasteiger partial charge in [-0.3, -0.25) is 10.1 Å². The van der Waals surface area contributed by atoms with Crippen molar-refractivity contribution >= 4 is 17.5 Å². The molecule has 0 aliphatic heterocycles. The zero-order chi connectivity index (χ0) is 13.4. The summed E-state index contributed by atoms with van der Waals surface area (Å²) >= 11 is 0. The Morgan fingerprint density at radius 2 is 2.22 bits per heavy atom. The van der Waals surface area contributed by atoms with Crippen molar-refractivity contribution in [3.63, 3.8) is 0 Å². The molecule has 0 saturated heterocycles. The number of anilines is 2. The van der Waals surface area contributed by atoms with Crippen molar-refractivity contribution in [2.24, 2.45) is 0 Å². The number of nitrogens with one attached hydrogen (secondary N) is 2. The van der Waals surface area contributed by atoms with E-state index in [2.05, 4.69) is 20.6 Å². The Balaban J connectivity index is 2.63. The van der Waals surface area contributed by atoms with Gasteiger partial charge in [-0.15, -0.1) is 0 Å². The standard InChI is InChI=1S/C10H17N5O3/c1-11-10-13-7-8(15(17)18)9(14-10)12-5-3-2-4-6-16/h7,16H,2-6H2,1H3,(H2,11,12,13,14). The average Bonchev–Trinajstić information content (AvgIpc) is 2.38. The molecule has 1 heterocycles. The average molecular weight is 255 g/mol. The van der Waals surface area contributed by atoms with E-state index in [1.807, 2.05) is 0 Å². The summed E-state index contributed by atoms with van der Waals surface area (Å²) in [7, 11) is 1.65. The second kappa shape index (κ2) is 7.38. The van der Waals surface area contributed by atoms with Gasteiger partial charge in [-0.2, -0.15) is 4.98 Å². The van der Waals surface area contributed by atoms with Gasteiger partial charge in [0.25, 0.3) is 0 Å². The lowest BCUT2D eigenvalue weighted by Gasteiger charge is -2.07. The maximum Gasteiger partial charge on any atom is 0.329 e. The molecule has 0 aromatic carbocycles. The van der Waals surface area contributed by atoms with E-state index in [4.69, 9.17) is 5.11 Å². The van der Waals surface area contributed by atoms with Gasteiger partial charge < -0.3 is 15.7 Å². The minimum atomic E-state index is -0.518. The first kappa shape index (κ1) is 14.1. The predicted molar refractivity (Wildman–Crippen MR) is 67.7 cm³/mol. The minimum Gasteiger partial charge on any atom is -0.396 e. The number of hydrogen-bond acceptors (Lipinski definition) is 7. The maximum absolute atomic E-state index is 10.8. The molecule has 0 bridgehead atoms. The lowest BCUT2D eigenvalue weighted by atomic mass is 10.2. The molecule has 0 fully saturated rings. The molecule has 0 aliphatic carbocycles. The van der Waals surface area contributed by atoms with Crippen LogP contribution in [0, 0.1) is 10.1 Å². The minimum absolute atomic E-state index is 0.142. The van der Waals surface area contributed by atoms with Gasteiger partial charge in [0, 0.05) is 20.2 Å². The Labute approximate surface area is 105 Å². The number of hydrogen-bond donors (Lipinski definition) is 3. The second-order valence-corrected chi connectivity index (χ2v) is 3.65. The Hall–Kier alpha value is -1.96. The summed E-state index contributed by atoms with van der Waals surface area (Å²) in [5.41, 5.74) is -0.142. The zero-order valence-corrected chi connectivity index (χ0v) is 10.2. The summed E-state index contributed by atoms with van der Waals surface area (Å²) in [6.45, 7) is 0.735. The van der Waals surface area contributed by atoms with E-state index in [1.54, 1.807) is 7.05 Å². The molecule has 8 heteroatoms. The smallest absolute Gasteiger partial charge is 0.329 e. The SMILES string of the molecule is CNc1ncc([N+](=O)[O-])c(NCCCCCO)n1. The first-order chi connectivity index (χ1) is 8.69. The fourth-order valence-electron chi connectivity index (χ4n) is 1.38. The number of nitro groups is 1. The van der Waals surface area contributed by atoms with Crippen molar-refractivity contribution in [3.8, 4) is 0 Å². The van der Waals surface area contributed by atoms with Crippen LogP contribution in [0.1, 0.15) is 19.3 Å². The zero-order valence-electron chi connectivity index (χ0n) is 10.2. The predicted octanol–water partition coefficient (Wildman–Crippen LogP) is 1.00. The Kier molecular flexibility index (Phi) is 5.78. The lowest BCUT2D eigenvalue weighted by Crippen LogP contribution is -2.09. The Bertz CT molecular complexity index is 399. The summed E-state index contributed by atoms with van der Waals surface area (Å²) in [5.74, 6) is 0.543. The highest BCUT2D eigenvalue weighted by molar-refractivity contribution is 5.56. The van der Waals surface area contributed by atoms with E-state index >= 15 is 0 Å². The summed E-state index contributed by atoms with van der Waals surface area (Å²) in [6, 6.07) is 0. The van der Waals surface area contributed by atoms with E-state index in [9.17, 15) is 10.1 Å². The first-order valence-corrected chi connectivity index (χ1v) is 5.73. The highest BCUT2D eigenvalue weighted by Crippen LogP contribution is 2.21. The van der Waals surface area contributed by atoms with Crippen LogP contribution in [0.25, 0.3) is 0 Å². The van der Waals surface area contributed by atoms with Crippen molar-refractivity contribution in [3.05, 3.63) is 16.3 Å². The fraction of sp³-hybridized carbons (Fsp3) is 0.600. The van der Waals surface area contributed by atoms with Crippen molar-refractivity contribution < 1.29 is 10.0 Å². The third kappa shape index (κ3) is 4.13. The van der Waals surface area contributed by atoms with Crippen LogP contribution in [0.2, 0.25) is 0 Å². The van der Waals surface area contributed by atoms with Crippen LogP contribution in [0.4, 0.5) is 17.5 Å². The van der Waals surface area contributed by atoms with Gasteiger partial charge in [-0.25, -0.2) is 4.98 Å². The number of unbranched alkanes of at least 4 members (excludes halogenated alkanes) is 2. The Morgan fingerprint density at radius 3 is 2.83 bits per heavy atom. The normalized spacial score (nSPS) is 10.1. The molecule has 1 aromatic heterocycles. The molecule has 1 rings (SSSR count). The third-order valence-corrected chi connectivity index (χ3v) is 2.32. The number of aliphatic hydroxyl groups is 1. The fourth-order valence-corrected chi connectivity index (χ4v) is 1.38. The van der Waals surface area contributed by atoms with Gasteiger partial charge in [0.1, 0.15) is 6.20 Å². The van der Waals surface area contributed by atoms with E-state index in [1.165, 1.54) is 6.20 Å². The topological polar surface area (TPSA) is 113 Å². The summed E-state index contributed by atoms with van der Waals surface area (Å²) in [6.07, 6.45) is 3.59. The van der Waals surface area contributed by atoms with Gasteiger partial charge >= 0.3 is 5.69 Å². The van der Waals surface area contributed by atoms with Crippen LogP contribution < -0.4 is 10.6 Å². The second-order valence-electron chi connectivity index (χ2n) is 3.65. The molecule has 0 amide bonds. The van der Waals surface area contributed by atoms with Crippen LogP contribution >= 0.6 is 0 Å². The molecule has 0 unspecified atom stereocenters. The molecule has 3 N–H and O–H groups in total. The van der Waals surface area contributed by atoms with Gasteiger partial charge in [0.15, 0.2) is 0 Å². The van der Waals surface area contributed by atoms with Gasteiger partial charge in [-0.05, 0) is 19.3 Å². The molecule has 18 heavy (non-hydrogen) atoms. The van der Waals surface area contributed by atoms with E-state index in [-0.39, 0.29) is 18.1 Å². The van der Waals surface area contributed by atoms with Gasteiger partial charge in [-0.1, -0.05) is 0 Å². The lowest BCUT2D eigenvalue weighted by molar-refractivity contribution is -0.384. The molecule has 0 spiro atoms. The number of rotatable bonds is 8. The largest absolute Gasteiger partial charge is 0.396 e. The van der Waals surface area contributed by atoms with Crippen molar-refractivity contribution in [2.45, 2.75) is 19.3 Å². The first-order valence-electron chi connectivity index (χ1n) is 5.73. The van der Waals surface area contributed by atoms with Crippen molar-refractivity contribution in [1.29, 1.82) is 0 Å². The molecule has 0 atom stereocenters. The van der Waals surface area contributed by atoms with E-state index < -0.39 is 4.92 Å². The highest BCUT2D eigenvalue weighted by Gasteiger charge is 2.16. The summed E-state index contributed by atoms with van der Waals surface area (Å²) < 4.78 is 0. The van der Waals surface area contributed by atoms with E-state index in [0.29, 0.717) is 12.5 Å². The van der Waals surface area contributed by atoms with Gasteiger partial charge in [0.05, 0.1) is 4.92 Å². The molecule has 0 aliphatic rings. The molecule has 0 radical (unpaired) electrons.